The second kappa shape index (κ2) is 6.05. The molecule has 0 radical (unpaired) electrons. The fraction of sp³-hybridized carbons (Fsp3) is 0.545. The summed E-state index contributed by atoms with van der Waals surface area (Å²) in [5.41, 5.74) is 0. The Labute approximate surface area is 94.9 Å². The molecule has 1 amide bonds. The van der Waals surface area contributed by atoms with Crippen LogP contribution in [0.3, 0.4) is 0 Å². The molecule has 1 aromatic heterocycles. The van der Waals surface area contributed by atoms with Gasteiger partial charge in [0.25, 0.3) is 0 Å². The van der Waals surface area contributed by atoms with E-state index in [4.69, 9.17) is 0 Å². The Morgan fingerprint density at radius 1 is 1.62 bits per heavy atom. The van der Waals surface area contributed by atoms with E-state index in [1.54, 1.807) is 6.20 Å². The highest BCUT2D eigenvalue weighted by Crippen LogP contribution is 1.97. The van der Waals surface area contributed by atoms with Crippen molar-refractivity contribution in [1.29, 1.82) is 0 Å². The first kappa shape index (κ1) is 12.4. The van der Waals surface area contributed by atoms with Crippen LogP contribution in [0.5, 0.6) is 0 Å². The maximum atomic E-state index is 11.5. The van der Waals surface area contributed by atoms with Gasteiger partial charge in [0.05, 0.1) is 0 Å². The Morgan fingerprint density at radius 3 is 3.00 bits per heavy atom. The molecule has 0 bridgehead atoms. The zero-order valence-corrected chi connectivity index (χ0v) is 9.64. The van der Waals surface area contributed by atoms with E-state index in [9.17, 15) is 9.59 Å². The number of hydrogen-bond donors (Lipinski definition) is 1. The quantitative estimate of drug-likeness (QED) is 0.727. The number of carbonyl (C=O) groups excluding carboxylic acids is 2. The molecule has 0 aromatic carbocycles. The highest BCUT2D eigenvalue weighted by molar-refractivity contribution is 5.77. The summed E-state index contributed by atoms with van der Waals surface area (Å²) >= 11 is 0. The summed E-state index contributed by atoms with van der Waals surface area (Å²) in [6.45, 7) is 5.02. The van der Waals surface area contributed by atoms with Crippen LogP contribution in [-0.2, 0) is 11.3 Å². The SMILES string of the molecule is CC(C)CCNC(=O)Cn1ccnc1C=O. The van der Waals surface area contributed by atoms with Crippen LogP contribution in [0, 0.1) is 5.92 Å². The van der Waals surface area contributed by atoms with Gasteiger partial charge in [-0.1, -0.05) is 13.8 Å². The number of aromatic nitrogens is 2. The normalized spacial score (nSPS) is 10.4. The Kier molecular flexibility index (Phi) is 4.69. The number of imidazole rings is 1. The number of nitrogens with one attached hydrogen (secondary N) is 1. The Hall–Kier alpha value is -1.65. The number of rotatable bonds is 6. The number of nitrogens with zero attached hydrogens (tertiary/aromatic N) is 2. The van der Waals surface area contributed by atoms with Crippen LogP contribution in [0.2, 0.25) is 0 Å². The molecule has 0 fully saturated rings. The molecule has 0 saturated carbocycles. The number of aldehydes is 1. The number of hydrogen-bond acceptors (Lipinski definition) is 3. The van der Waals surface area contributed by atoms with Crippen molar-refractivity contribution >= 4 is 12.2 Å². The molecular weight excluding hydrogens is 206 g/mol. The van der Waals surface area contributed by atoms with E-state index < -0.39 is 0 Å². The minimum atomic E-state index is -0.0956. The van der Waals surface area contributed by atoms with Gasteiger partial charge in [0, 0.05) is 18.9 Å². The van der Waals surface area contributed by atoms with E-state index in [1.165, 1.54) is 10.8 Å². The standard InChI is InChI=1S/C11H17N3O2/c1-9(2)3-4-13-11(16)7-14-6-5-12-10(14)8-15/h5-6,8-9H,3-4,7H2,1-2H3,(H,13,16). The summed E-state index contributed by atoms with van der Waals surface area (Å²) in [5, 5.41) is 2.80. The molecule has 0 aliphatic rings. The van der Waals surface area contributed by atoms with Crippen LogP contribution in [-0.4, -0.2) is 28.3 Å². The minimum Gasteiger partial charge on any atom is -0.355 e. The lowest BCUT2D eigenvalue weighted by molar-refractivity contribution is -0.121. The largest absolute Gasteiger partial charge is 0.355 e. The molecule has 0 aliphatic heterocycles. The highest BCUT2D eigenvalue weighted by Gasteiger charge is 2.06. The molecule has 0 unspecified atom stereocenters. The first-order valence-corrected chi connectivity index (χ1v) is 5.36. The smallest absolute Gasteiger partial charge is 0.239 e. The zero-order chi connectivity index (χ0) is 12.0. The van der Waals surface area contributed by atoms with E-state index in [2.05, 4.69) is 24.1 Å². The van der Waals surface area contributed by atoms with Gasteiger partial charge < -0.3 is 9.88 Å². The van der Waals surface area contributed by atoms with Gasteiger partial charge in [0.2, 0.25) is 5.91 Å². The molecule has 0 atom stereocenters. The summed E-state index contributed by atoms with van der Waals surface area (Å²) in [5.74, 6) is 0.750. The van der Waals surface area contributed by atoms with Crippen LogP contribution < -0.4 is 5.32 Å². The summed E-state index contributed by atoms with van der Waals surface area (Å²) in [6.07, 6.45) is 4.72. The first-order valence-electron chi connectivity index (χ1n) is 5.36. The minimum absolute atomic E-state index is 0.0956. The third-order valence-electron chi connectivity index (χ3n) is 2.21. The Balaban J connectivity index is 2.37. The molecule has 5 nitrogen and oxygen atoms in total. The van der Waals surface area contributed by atoms with Gasteiger partial charge >= 0.3 is 0 Å². The molecule has 0 spiro atoms. The van der Waals surface area contributed by atoms with E-state index in [0.29, 0.717) is 18.7 Å². The van der Waals surface area contributed by atoms with Gasteiger partial charge in [-0.15, -0.1) is 0 Å². The van der Waals surface area contributed by atoms with E-state index in [-0.39, 0.29) is 18.3 Å². The fourth-order valence-corrected chi connectivity index (χ4v) is 1.28. The van der Waals surface area contributed by atoms with Gasteiger partial charge in [-0.25, -0.2) is 4.98 Å². The second-order valence-electron chi connectivity index (χ2n) is 4.06. The summed E-state index contributed by atoms with van der Waals surface area (Å²) < 4.78 is 1.53. The molecule has 88 valence electrons. The lowest BCUT2D eigenvalue weighted by atomic mass is 10.1. The van der Waals surface area contributed by atoms with Gasteiger partial charge in [0.1, 0.15) is 6.54 Å². The van der Waals surface area contributed by atoms with Crippen molar-refractivity contribution in [1.82, 2.24) is 14.9 Å². The third kappa shape index (κ3) is 3.84. The van der Waals surface area contributed by atoms with E-state index in [1.807, 2.05) is 0 Å². The molecule has 0 aliphatic carbocycles. The second-order valence-corrected chi connectivity index (χ2v) is 4.06. The Morgan fingerprint density at radius 2 is 2.38 bits per heavy atom. The van der Waals surface area contributed by atoms with Crippen molar-refractivity contribution in [2.45, 2.75) is 26.8 Å². The summed E-state index contributed by atoms with van der Waals surface area (Å²) in [7, 11) is 0. The molecule has 1 aromatic rings. The van der Waals surface area contributed by atoms with Gasteiger partial charge in [-0.05, 0) is 12.3 Å². The van der Waals surface area contributed by atoms with E-state index >= 15 is 0 Å². The van der Waals surface area contributed by atoms with Crippen molar-refractivity contribution in [3.05, 3.63) is 18.2 Å². The van der Waals surface area contributed by atoms with Crippen LogP contribution >= 0.6 is 0 Å². The van der Waals surface area contributed by atoms with Crippen molar-refractivity contribution in [2.24, 2.45) is 5.92 Å². The molecule has 1 N–H and O–H groups in total. The average Bonchev–Trinajstić information content (AvgIpc) is 2.64. The van der Waals surface area contributed by atoms with Crippen LogP contribution in [0.1, 0.15) is 30.9 Å². The first-order chi connectivity index (χ1) is 7.63. The lowest BCUT2D eigenvalue weighted by Crippen LogP contribution is -2.29. The number of amides is 1. The van der Waals surface area contributed by atoms with E-state index in [0.717, 1.165) is 6.42 Å². The van der Waals surface area contributed by atoms with Crippen molar-refractivity contribution in [2.75, 3.05) is 6.54 Å². The summed E-state index contributed by atoms with van der Waals surface area (Å²) in [6, 6.07) is 0. The van der Waals surface area contributed by atoms with Crippen molar-refractivity contribution < 1.29 is 9.59 Å². The van der Waals surface area contributed by atoms with Gasteiger partial charge in [0.15, 0.2) is 12.1 Å². The maximum Gasteiger partial charge on any atom is 0.239 e. The van der Waals surface area contributed by atoms with Gasteiger partial charge in [-0.3, -0.25) is 9.59 Å². The maximum absolute atomic E-state index is 11.5. The molecule has 0 saturated heterocycles. The molecule has 1 rings (SSSR count). The molecule has 5 heteroatoms. The van der Waals surface area contributed by atoms with Crippen molar-refractivity contribution in [3.8, 4) is 0 Å². The molecular formula is C11H17N3O2. The molecule has 16 heavy (non-hydrogen) atoms. The Bertz CT molecular complexity index is 358. The van der Waals surface area contributed by atoms with Gasteiger partial charge in [-0.2, -0.15) is 0 Å². The average molecular weight is 223 g/mol. The van der Waals surface area contributed by atoms with Crippen LogP contribution in [0.4, 0.5) is 0 Å². The fourth-order valence-electron chi connectivity index (χ4n) is 1.28. The van der Waals surface area contributed by atoms with Crippen LogP contribution in [0.15, 0.2) is 12.4 Å². The summed E-state index contributed by atoms with van der Waals surface area (Å²) in [4.78, 5) is 25.9. The zero-order valence-electron chi connectivity index (χ0n) is 9.64. The van der Waals surface area contributed by atoms with Crippen molar-refractivity contribution in [3.63, 3.8) is 0 Å². The lowest BCUT2D eigenvalue weighted by Gasteiger charge is -2.08. The monoisotopic (exact) mass is 223 g/mol. The third-order valence-corrected chi connectivity index (χ3v) is 2.21. The van der Waals surface area contributed by atoms with Crippen LogP contribution in [0.25, 0.3) is 0 Å². The number of carbonyl (C=O) groups is 2. The topological polar surface area (TPSA) is 64.0 Å². The predicted molar refractivity (Wildman–Crippen MR) is 60.1 cm³/mol. The predicted octanol–water partition coefficient (Wildman–Crippen LogP) is 0.858. The highest BCUT2D eigenvalue weighted by atomic mass is 16.2. The molecule has 1 heterocycles.